The van der Waals surface area contributed by atoms with E-state index in [1.807, 2.05) is 18.2 Å². The topological polar surface area (TPSA) is 48.1 Å². The second kappa shape index (κ2) is 6.92. The molecular weight excluding hydrogens is 336 g/mol. The summed E-state index contributed by atoms with van der Waals surface area (Å²) in [6.07, 6.45) is 0. The summed E-state index contributed by atoms with van der Waals surface area (Å²) in [7, 11) is 0. The third kappa shape index (κ3) is 3.25. The smallest absolute Gasteiger partial charge is 0.269 e. The highest BCUT2D eigenvalue weighted by molar-refractivity contribution is 5.73. The number of non-ortho nitro benzene ring substituents is 1. The number of aryl methyl sites for hydroxylation is 1. The summed E-state index contributed by atoms with van der Waals surface area (Å²) in [5, 5.41) is 11.0. The molecule has 0 N–H and O–H groups in total. The quantitative estimate of drug-likeness (QED) is 0.332. The molecule has 0 unspecified atom stereocenters. The number of rotatable bonds is 4. The molecule has 4 heteroatoms. The lowest BCUT2D eigenvalue weighted by atomic mass is 10.1. The summed E-state index contributed by atoms with van der Waals surface area (Å²) < 4.78 is 2.19. The molecule has 0 bridgehead atoms. The highest BCUT2D eigenvalue weighted by Gasteiger charge is 2.14. The molecule has 0 amide bonds. The molecule has 0 fully saturated rings. The van der Waals surface area contributed by atoms with Crippen molar-refractivity contribution in [1.82, 2.24) is 4.57 Å². The van der Waals surface area contributed by atoms with E-state index < -0.39 is 0 Å². The van der Waals surface area contributed by atoms with Crippen LogP contribution < -0.4 is 0 Å². The predicted octanol–water partition coefficient (Wildman–Crippen LogP) is 6.03. The second-order valence-electron chi connectivity index (χ2n) is 6.44. The zero-order valence-corrected chi connectivity index (χ0v) is 14.9. The van der Waals surface area contributed by atoms with Gasteiger partial charge in [-0.15, -0.1) is 0 Å². The molecule has 0 aliphatic carbocycles. The van der Waals surface area contributed by atoms with Crippen LogP contribution in [0.3, 0.4) is 0 Å². The van der Waals surface area contributed by atoms with Gasteiger partial charge in [0.1, 0.15) is 0 Å². The fraction of sp³-hybridized carbons (Fsp3) is 0.0435. The van der Waals surface area contributed by atoms with Crippen molar-refractivity contribution in [2.45, 2.75) is 6.92 Å². The van der Waals surface area contributed by atoms with E-state index in [1.165, 1.54) is 5.56 Å². The van der Waals surface area contributed by atoms with E-state index in [-0.39, 0.29) is 10.6 Å². The highest BCUT2D eigenvalue weighted by atomic mass is 16.6. The Kier molecular flexibility index (Phi) is 4.30. The van der Waals surface area contributed by atoms with Crippen molar-refractivity contribution in [3.05, 3.63) is 107 Å². The molecule has 0 aliphatic rings. The molecule has 0 atom stereocenters. The number of nitrogens with zero attached hydrogens (tertiary/aromatic N) is 2. The van der Waals surface area contributed by atoms with Gasteiger partial charge in [-0.25, -0.2) is 0 Å². The second-order valence-corrected chi connectivity index (χ2v) is 6.44. The van der Waals surface area contributed by atoms with Gasteiger partial charge in [0.25, 0.3) is 5.69 Å². The van der Waals surface area contributed by atoms with Crippen molar-refractivity contribution in [2.75, 3.05) is 0 Å². The van der Waals surface area contributed by atoms with Crippen LogP contribution in [0.1, 0.15) is 5.56 Å². The molecule has 1 heterocycles. The first-order valence-corrected chi connectivity index (χ1v) is 8.72. The lowest BCUT2D eigenvalue weighted by molar-refractivity contribution is -0.384. The van der Waals surface area contributed by atoms with Crippen molar-refractivity contribution in [1.29, 1.82) is 0 Å². The van der Waals surface area contributed by atoms with Gasteiger partial charge in [-0.3, -0.25) is 10.1 Å². The van der Waals surface area contributed by atoms with Gasteiger partial charge in [-0.2, -0.15) is 0 Å². The number of hydrogen-bond acceptors (Lipinski definition) is 2. The number of nitro groups is 1. The number of benzene rings is 3. The van der Waals surface area contributed by atoms with Crippen LogP contribution in [0.5, 0.6) is 0 Å². The van der Waals surface area contributed by atoms with E-state index in [9.17, 15) is 10.1 Å². The molecule has 132 valence electrons. The van der Waals surface area contributed by atoms with E-state index in [0.717, 1.165) is 28.2 Å². The molecule has 3 aromatic carbocycles. The molecule has 0 saturated heterocycles. The van der Waals surface area contributed by atoms with Crippen LogP contribution >= 0.6 is 0 Å². The Morgan fingerprint density at radius 2 is 1.26 bits per heavy atom. The van der Waals surface area contributed by atoms with Gasteiger partial charge in [-0.1, -0.05) is 48.0 Å². The monoisotopic (exact) mass is 354 g/mol. The van der Waals surface area contributed by atoms with Gasteiger partial charge in [-0.05, 0) is 54.4 Å². The molecule has 27 heavy (non-hydrogen) atoms. The highest BCUT2D eigenvalue weighted by Crippen LogP contribution is 2.33. The summed E-state index contributed by atoms with van der Waals surface area (Å²) in [6, 6.07) is 29.4. The fourth-order valence-electron chi connectivity index (χ4n) is 3.22. The zero-order chi connectivity index (χ0) is 18.8. The molecule has 4 nitrogen and oxygen atoms in total. The van der Waals surface area contributed by atoms with Gasteiger partial charge in [0.15, 0.2) is 0 Å². The lowest BCUT2D eigenvalue weighted by Crippen LogP contribution is -1.99. The van der Waals surface area contributed by atoms with E-state index in [1.54, 1.807) is 24.3 Å². The maximum absolute atomic E-state index is 11.0. The molecular formula is C23H18N2O2. The van der Waals surface area contributed by atoms with Crippen LogP contribution in [0, 0.1) is 17.0 Å². The summed E-state index contributed by atoms with van der Waals surface area (Å²) in [4.78, 5) is 10.6. The van der Waals surface area contributed by atoms with Crippen LogP contribution in [0.15, 0.2) is 91.0 Å². The predicted molar refractivity (Wildman–Crippen MR) is 108 cm³/mol. The average molecular weight is 354 g/mol. The van der Waals surface area contributed by atoms with Crippen molar-refractivity contribution in [2.24, 2.45) is 0 Å². The largest absolute Gasteiger partial charge is 0.309 e. The van der Waals surface area contributed by atoms with Crippen LogP contribution in [0.4, 0.5) is 5.69 Å². The Balaban J connectivity index is 1.90. The van der Waals surface area contributed by atoms with Crippen molar-refractivity contribution in [3.63, 3.8) is 0 Å². The van der Waals surface area contributed by atoms with Crippen LogP contribution in [-0.2, 0) is 0 Å². The normalized spacial score (nSPS) is 10.7. The zero-order valence-electron chi connectivity index (χ0n) is 14.9. The van der Waals surface area contributed by atoms with Gasteiger partial charge in [0, 0.05) is 17.8 Å². The Labute approximate surface area is 157 Å². The minimum absolute atomic E-state index is 0.0930. The summed E-state index contributed by atoms with van der Waals surface area (Å²) >= 11 is 0. The first-order chi connectivity index (χ1) is 13.1. The Hall–Kier alpha value is -3.66. The minimum Gasteiger partial charge on any atom is -0.309 e. The molecule has 0 spiro atoms. The fourth-order valence-corrected chi connectivity index (χ4v) is 3.22. The molecule has 0 radical (unpaired) electrons. The summed E-state index contributed by atoms with van der Waals surface area (Å²) in [5.74, 6) is 0. The average Bonchev–Trinajstić information content (AvgIpc) is 3.14. The number of hydrogen-bond donors (Lipinski definition) is 0. The van der Waals surface area contributed by atoms with Crippen molar-refractivity contribution >= 4 is 5.69 Å². The van der Waals surface area contributed by atoms with Gasteiger partial charge in [0.2, 0.25) is 0 Å². The Bertz CT molecular complexity index is 1080. The van der Waals surface area contributed by atoms with E-state index in [0.29, 0.717) is 0 Å². The van der Waals surface area contributed by atoms with Gasteiger partial charge in [0.05, 0.1) is 16.3 Å². The lowest BCUT2D eigenvalue weighted by Gasteiger charge is -2.14. The summed E-state index contributed by atoms with van der Waals surface area (Å²) in [5.41, 5.74) is 6.47. The summed E-state index contributed by atoms with van der Waals surface area (Å²) in [6.45, 7) is 2.06. The van der Waals surface area contributed by atoms with Crippen LogP contribution in [-0.4, -0.2) is 9.49 Å². The van der Waals surface area contributed by atoms with Crippen molar-refractivity contribution in [3.8, 4) is 28.2 Å². The van der Waals surface area contributed by atoms with E-state index in [4.69, 9.17) is 0 Å². The molecule has 4 aromatic rings. The van der Waals surface area contributed by atoms with Gasteiger partial charge < -0.3 is 4.57 Å². The first kappa shape index (κ1) is 16.8. The Morgan fingerprint density at radius 1 is 0.704 bits per heavy atom. The standard InChI is InChI=1S/C23H18N2O2/c1-17-7-11-20(12-8-17)24-22(18-5-3-2-4-6-18)15-16-23(24)19-9-13-21(14-10-19)25(26)27/h2-16H,1H3. The van der Waals surface area contributed by atoms with E-state index >= 15 is 0 Å². The third-order valence-electron chi connectivity index (χ3n) is 4.62. The first-order valence-electron chi connectivity index (χ1n) is 8.72. The minimum atomic E-state index is -0.377. The Morgan fingerprint density at radius 3 is 1.81 bits per heavy atom. The molecule has 4 rings (SSSR count). The molecule has 1 aromatic heterocycles. The van der Waals surface area contributed by atoms with Crippen LogP contribution in [0.2, 0.25) is 0 Å². The third-order valence-corrected chi connectivity index (χ3v) is 4.62. The van der Waals surface area contributed by atoms with Crippen molar-refractivity contribution < 1.29 is 4.92 Å². The molecule has 0 aliphatic heterocycles. The van der Waals surface area contributed by atoms with Crippen LogP contribution in [0.25, 0.3) is 28.2 Å². The number of aromatic nitrogens is 1. The molecule has 0 saturated carbocycles. The maximum atomic E-state index is 11.0. The maximum Gasteiger partial charge on any atom is 0.269 e. The SMILES string of the molecule is Cc1ccc(-n2c(-c3ccccc3)ccc2-c2ccc([N+](=O)[O-])cc2)cc1. The number of nitro benzene ring substituents is 1. The van der Waals surface area contributed by atoms with Gasteiger partial charge >= 0.3 is 0 Å². The van der Waals surface area contributed by atoms with E-state index in [2.05, 4.69) is 60.0 Å².